The van der Waals surface area contributed by atoms with E-state index in [2.05, 4.69) is 20.9 Å². The van der Waals surface area contributed by atoms with Crippen LogP contribution in [0.5, 0.6) is 0 Å². The Balaban J connectivity index is 2.87. The number of nitrogens with zero attached hydrogens (tertiary/aromatic N) is 3. The third-order valence-electron chi connectivity index (χ3n) is 2.13. The molecule has 3 nitrogen and oxygen atoms in total. The summed E-state index contributed by atoms with van der Waals surface area (Å²) in [6, 6.07) is 5.82. The van der Waals surface area contributed by atoms with Gasteiger partial charge in [0.1, 0.15) is 0 Å². The molecule has 1 rings (SSSR count). The second-order valence-electron chi connectivity index (χ2n) is 4.18. The van der Waals surface area contributed by atoms with Gasteiger partial charge in [0, 0.05) is 37.7 Å². The highest BCUT2D eigenvalue weighted by atomic mass is 79.9. The monoisotopic (exact) mass is 317 g/mol. The minimum Gasteiger partial charge on any atom is -0.349 e. The van der Waals surface area contributed by atoms with Crippen LogP contribution in [0.4, 0.5) is 0 Å². The molecule has 5 heteroatoms. The topological polar surface area (TPSA) is 18.8 Å². The molecule has 0 aliphatic carbocycles. The fourth-order valence-corrected chi connectivity index (χ4v) is 2.48. The molecule has 0 aliphatic rings. The van der Waals surface area contributed by atoms with Crippen molar-refractivity contribution in [2.45, 2.75) is 6.54 Å². The van der Waals surface area contributed by atoms with Crippen LogP contribution in [-0.2, 0) is 6.54 Å². The summed E-state index contributed by atoms with van der Waals surface area (Å²) >= 11 is 9.42. The fourth-order valence-electron chi connectivity index (χ4n) is 1.55. The quantitative estimate of drug-likeness (QED) is 0.616. The van der Waals surface area contributed by atoms with E-state index in [9.17, 15) is 0 Å². The number of halogens is 2. The average Bonchev–Trinajstić information content (AvgIpc) is 2.14. The molecule has 17 heavy (non-hydrogen) atoms. The van der Waals surface area contributed by atoms with E-state index in [-0.39, 0.29) is 0 Å². The molecule has 0 saturated carbocycles. The number of guanidine groups is 1. The van der Waals surface area contributed by atoms with Crippen LogP contribution < -0.4 is 0 Å². The molecule has 0 aromatic heterocycles. The summed E-state index contributed by atoms with van der Waals surface area (Å²) in [6.07, 6.45) is 0. The van der Waals surface area contributed by atoms with Crippen LogP contribution in [0.3, 0.4) is 0 Å². The molecule has 1 aromatic rings. The first-order valence-electron chi connectivity index (χ1n) is 5.24. The van der Waals surface area contributed by atoms with E-state index < -0.39 is 0 Å². The van der Waals surface area contributed by atoms with E-state index in [4.69, 9.17) is 11.6 Å². The Morgan fingerprint density at radius 2 is 1.76 bits per heavy atom. The summed E-state index contributed by atoms with van der Waals surface area (Å²) < 4.78 is 0.978. The van der Waals surface area contributed by atoms with Crippen LogP contribution in [0.1, 0.15) is 5.56 Å². The maximum atomic E-state index is 5.99. The summed E-state index contributed by atoms with van der Waals surface area (Å²) in [6.45, 7) is 0.616. The smallest absolute Gasteiger partial charge is 0.195 e. The predicted molar refractivity (Wildman–Crippen MR) is 77.7 cm³/mol. The van der Waals surface area contributed by atoms with Crippen LogP contribution in [0.15, 0.2) is 27.7 Å². The van der Waals surface area contributed by atoms with Crippen LogP contribution >= 0.6 is 27.5 Å². The first-order chi connectivity index (χ1) is 7.90. The van der Waals surface area contributed by atoms with Gasteiger partial charge in [0.15, 0.2) is 5.96 Å². The van der Waals surface area contributed by atoms with Crippen molar-refractivity contribution in [2.75, 3.05) is 28.2 Å². The van der Waals surface area contributed by atoms with Crippen molar-refractivity contribution in [3.8, 4) is 0 Å². The van der Waals surface area contributed by atoms with E-state index in [1.165, 1.54) is 0 Å². The fraction of sp³-hybridized carbons (Fsp3) is 0.417. The molecule has 0 aliphatic heterocycles. The van der Waals surface area contributed by atoms with Crippen molar-refractivity contribution in [3.05, 3.63) is 33.3 Å². The van der Waals surface area contributed by atoms with Gasteiger partial charge in [0.2, 0.25) is 0 Å². The maximum absolute atomic E-state index is 5.99. The second-order valence-corrected chi connectivity index (χ2v) is 5.53. The number of hydrogen-bond donors (Lipinski definition) is 0. The minimum atomic E-state index is 0.616. The van der Waals surface area contributed by atoms with Gasteiger partial charge in [-0.25, -0.2) is 4.99 Å². The molecule has 0 N–H and O–H groups in total. The first-order valence-corrected chi connectivity index (χ1v) is 6.41. The van der Waals surface area contributed by atoms with Crippen molar-refractivity contribution in [3.63, 3.8) is 0 Å². The maximum Gasteiger partial charge on any atom is 0.195 e. The lowest BCUT2D eigenvalue weighted by molar-refractivity contribution is 0.479. The van der Waals surface area contributed by atoms with Crippen LogP contribution in [0, 0.1) is 0 Å². The van der Waals surface area contributed by atoms with Gasteiger partial charge >= 0.3 is 0 Å². The molecule has 0 fully saturated rings. The van der Waals surface area contributed by atoms with Gasteiger partial charge in [0.05, 0.1) is 6.54 Å². The average molecular weight is 319 g/mol. The van der Waals surface area contributed by atoms with Crippen LogP contribution in [0.25, 0.3) is 0 Å². The molecule has 94 valence electrons. The zero-order valence-corrected chi connectivity index (χ0v) is 12.9. The Bertz CT molecular complexity index is 386. The number of rotatable bonds is 2. The Morgan fingerprint density at radius 1 is 1.18 bits per heavy atom. The minimum absolute atomic E-state index is 0.616. The van der Waals surface area contributed by atoms with Crippen molar-refractivity contribution >= 4 is 33.5 Å². The van der Waals surface area contributed by atoms with Gasteiger partial charge in [-0.1, -0.05) is 27.5 Å². The van der Waals surface area contributed by atoms with Crippen molar-refractivity contribution in [2.24, 2.45) is 4.99 Å². The Morgan fingerprint density at radius 3 is 2.24 bits per heavy atom. The normalized spacial score (nSPS) is 10.0. The standard InChI is InChI=1S/C12H17BrClN3/c1-16(2)12(17(3)4)15-8-9-5-10(13)7-11(14)6-9/h5-7H,8H2,1-4H3. The molecule has 0 bridgehead atoms. The molecule has 0 saturated heterocycles. The Kier molecular flexibility index (Phi) is 5.28. The first kappa shape index (κ1) is 14.3. The highest BCUT2D eigenvalue weighted by molar-refractivity contribution is 9.10. The molecule has 0 unspecified atom stereocenters. The van der Waals surface area contributed by atoms with Gasteiger partial charge in [-0.05, 0) is 23.8 Å². The molecular formula is C12H17BrClN3. The second kappa shape index (κ2) is 6.26. The van der Waals surface area contributed by atoms with E-state index in [1.807, 2.05) is 56.2 Å². The van der Waals surface area contributed by atoms with Gasteiger partial charge in [0.25, 0.3) is 0 Å². The molecule has 0 amide bonds. The Labute approximate surface area is 116 Å². The number of aliphatic imine (C=N–C) groups is 1. The zero-order chi connectivity index (χ0) is 13.0. The lowest BCUT2D eigenvalue weighted by Crippen LogP contribution is -2.35. The van der Waals surface area contributed by atoms with Gasteiger partial charge in [-0.3, -0.25) is 0 Å². The van der Waals surface area contributed by atoms with Crippen LogP contribution in [0.2, 0.25) is 5.02 Å². The van der Waals surface area contributed by atoms with Gasteiger partial charge in [-0.15, -0.1) is 0 Å². The molecule has 0 heterocycles. The number of benzene rings is 1. The third kappa shape index (κ3) is 4.56. The predicted octanol–water partition coefficient (Wildman–Crippen LogP) is 3.08. The van der Waals surface area contributed by atoms with Crippen LogP contribution in [-0.4, -0.2) is 44.0 Å². The summed E-state index contributed by atoms with van der Waals surface area (Å²) in [7, 11) is 7.92. The highest BCUT2D eigenvalue weighted by Gasteiger charge is 2.04. The Hall–Kier alpha value is -0.740. The zero-order valence-electron chi connectivity index (χ0n) is 10.5. The summed E-state index contributed by atoms with van der Waals surface area (Å²) in [4.78, 5) is 8.54. The molecule has 0 radical (unpaired) electrons. The largest absolute Gasteiger partial charge is 0.349 e. The molecule has 0 spiro atoms. The van der Waals surface area contributed by atoms with Gasteiger partial charge < -0.3 is 9.80 Å². The summed E-state index contributed by atoms with van der Waals surface area (Å²) in [5, 5.41) is 0.723. The molecule has 0 atom stereocenters. The van der Waals surface area contributed by atoms with E-state index in [1.54, 1.807) is 0 Å². The van der Waals surface area contributed by atoms with Gasteiger partial charge in [-0.2, -0.15) is 0 Å². The third-order valence-corrected chi connectivity index (χ3v) is 2.80. The van der Waals surface area contributed by atoms with E-state index in [0.29, 0.717) is 6.54 Å². The van der Waals surface area contributed by atoms with Crippen molar-refractivity contribution in [1.82, 2.24) is 9.80 Å². The highest BCUT2D eigenvalue weighted by Crippen LogP contribution is 2.20. The van der Waals surface area contributed by atoms with E-state index >= 15 is 0 Å². The molecular weight excluding hydrogens is 302 g/mol. The number of hydrogen-bond acceptors (Lipinski definition) is 1. The lowest BCUT2D eigenvalue weighted by atomic mass is 10.2. The summed E-state index contributed by atoms with van der Waals surface area (Å²) in [5.41, 5.74) is 1.09. The lowest BCUT2D eigenvalue weighted by Gasteiger charge is -2.22. The van der Waals surface area contributed by atoms with Crippen molar-refractivity contribution < 1.29 is 0 Å². The molecule has 1 aromatic carbocycles. The summed E-state index contributed by atoms with van der Waals surface area (Å²) in [5.74, 6) is 0.932. The van der Waals surface area contributed by atoms with E-state index in [0.717, 1.165) is 21.0 Å². The van der Waals surface area contributed by atoms with Crippen molar-refractivity contribution in [1.29, 1.82) is 0 Å². The SMILES string of the molecule is CN(C)C(=NCc1cc(Cl)cc(Br)c1)N(C)C.